The summed E-state index contributed by atoms with van der Waals surface area (Å²) in [5, 5.41) is 5.63. The molecule has 0 bridgehead atoms. The summed E-state index contributed by atoms with van der Waals surface area (Å²) in [6.07, 6.45) is 4.43. The number of rotatable bonds is 10. The fourth-order valence-electron chi connectivity index (χ4n) is 3.26. The van der Waals surface area contributed by atoms with Crippen LogP contribution in [0.1, 0.15) is 46.0 Å². The zero-order valence-electron chi connectivity index (χ0n) is 17.2. The zero-order chi connectivity index (χ0) is 21.4. The van der Waals surface area contributed by atoms with E-state index in [1.54, 1.807) is 26.0 Å². The molecule has 0 spiro atoms. The van der Waals surface area contributed by atoms with E-state index in [1.807, 2.05) is 0 Å². The van der Waals surface area contributed by atoms with Crippen molar-refractivity contribution in [3.8, 4) is 5.75 Å². The topological polar surface area (TPSA) is 114 Å². The van der Waals surface area contributed by atoms with E-state index in [4.69, 9.17) is 4.74 Å². The maximum absolute atomic E-state index is 12.6. The predicted octanol–water partition coefficient (Wildman–Crippen LogP) is 1.56. The van der Waals surface area contributed by atoms with Gasteiger partial charge < -0.3 is 15.4 Å². The molecular formula is C20H31N3O5S. The van der Waals surface area contributed by atoms with Crippen molar-refractivity contribution >= 4 is 21.8 Å². The standard InChI is InChI=1S/C20H31N3O5S/c1-14(2)19(23-29(26,27)17-10-8-16(28-3)9-11-17)20(25)21-13-12-18(24)22-15-6-4-5-7-15/h8-11,14-15,19,23H,4-7,12-13H2,1-3H3,(H,21,25)(H,22,24)/t19-/m0/s1. The molecule has 0 heterocycles. The van der Waals surface area contributed by atoms with E-state index in [0.29, 0.717) is 5.75 Å². The molecule has 1 fully saturated rings. The van der Waals surface area contributed by atoms with Crippen molar-refractivity contribution in [1.82, 2.24) is 15.4 Å². The van der Waals surface area contributed by atoms with Crippen LogP contribution < -0.4 is 20.1 Å². The van der Waals surface area contributed by atoms with Crippen LogP contribution in [0, 0.1) is 5.92 Å². The molecule has 1 aromatic rings. The Hall–Kier alpha value is -2.13. The van der Waals surface area contributed by atoms with Gasteiger partial charge >= 0.3 is 0 Å². The molecule has 0 aromatic heterocycles. The summed E-state index contributed by atoms with van der Waals surface area (Å²) in [5.74, 6) is -0.281. The Kier molecular flexibility index (Phi) is 8.45. The number of carbonyl (C=O) groups excluding carboxylic acids is 2. The van der Waals surface area contributed by atoms with E-state index in [1.165, 1.54) is 19.2 Å². The van der Waals surface area contributed by atoms with Gasteiger partial charge in [-0.3, -0.25) is 9.59 Å². The largest absolute Gasteiger partial charge is 0.497 e. The lowest BCUT2D eigenvalue weighted by molar-refractivity contribution is -0.124. The first-order chi connectivity index (χ1) is 13.7. The lowest BCUT2D eigenvalue weighted by Crippen LogP contribution is -2.50. The van der Waals surface area contributed by atoms with Crippen molar-refractivity contribution < 1.29 is 22.7 Å². The lowest BCUT2D eigenvalue weighted by Gasteiger charge is -2.22. The van der Waals surface area contributed by atoms with Crippen molar-refractivity contribution in [2.75, 3.05) is 13.7 Å². The Morgan fingerprint density at radius 1 is 1.14 bits per heavy atom. The third-order valence-corrected chi connectivity index (χ3v) is 6.43. The Bertz CT molecular complexity index is 787. The van der Waals surface area contributed by atoms with Crippen LogP contribution in [0.4, 0.5) is 0 Å². The minimum absolute atomic E-state index is 0.0488. The van der Waals surface area contributed by atoms with Gasteiger partial charge in [0, 0.05) is 19.0 Å². The number of carbonyl (C=O) groups is 2. The van der Waals surface area contributed by atoms with Gasteiger partial charge in [0.1, 0.15) is 11.8 Å². The molecule has 1 saturated carbocycles. The number of hydrogen-bond acceptors (Lipinski definition) is 5. The van der Waals surface area contributed by atoms with Gasteiger partial charge in [-0.1, -0.05) is 26.7 Å². The van der Waals surface area contributed by atoms with Gasteiger partial charge in [-0.2, -0.15) is 4.72 Å². The number of methoxy groups -OCH3 is 1. The van der Waals surface area contributed by atoms with Crippen LogP contribution >= 0.6 is 0 Å². The van der Waals surface area contributed by atoms with Crippen LogP contribution in [0.3, 0.4) is 0 Å². The van der Waals surface area contributed by atoms with Gasteiger partial charge in [-0.25, -0.2) is 8.42 Å². The molecule has 2 amide bonds. The minimum atomic E-state index is -3.88. The molecule has 3 N–H and O–H groups in total. The van der Waals surface area contributed by atoms with Crippen molar-refractivity contribution in [1.29, 1.82) is 0 Å². The SMILES string of the molecule is COc1ccc(S(=O)(=O)N[C@H](C(=O)NCCC(=O)NC2CCCC2)C(C)C)cc1. The summed E-state index contributed by atoms with van der Waals surface area (Å²) in [7, 11) is -2.38. The number of sulfonamides is 1. The molecule has 0 unspecified atom stereocenters. The Balaban J connectivity index is 1.89. The number of amides is 2. The average molecular weight is 426 g/mol. The normalized spacial score (nSPS) is 15.9. The summed E-state index contributed by atoms with van der Waals surface area (Å²) in [6.45, 7) is 3.67. The van der Waals surface area contributed by atoms with E-state index in [0.717, 1.165) is 25.7 Å². The fraction of sp³-hybridized carbons (Fsp3) is 0.600. The van der Waals surface area contributed by atoms with Crippen molar-refractivity contribution in [3.05, 3.63) is 24.3 Å². The maximum Gasteiger partial charge on any atom is 0.241 e. The molecule has 1 aliphatic carbocycles. The molecule has 8 nitrogen and oxygen atoms in total. The smallest absolute Gasteiger partial charge is 0.241 e. The van der Waals surface area contributed by atoms with E-state index in [-0.39, 0.29) is 35.7 Å². The maximum atomic E-state index is 12.6. The minimum Gasteiger partial charge on any atom is -0.497 e. The van der Waals surface area contributed by atoms with Crippen LogP contribution in [0.25, 0.3) is 0 Å². The van der Waals surface area contributed by atoms with Crippen LogP contribution in [0.5, 0.6) is 5.75 Å². The van der Waals surface area contributed by atoms with Crippen LogP contribution in [0.2, 0.25) is 0 Å². The number of benzene rings is 1. The highest BCUT2D eigenvalue weighted by Gasteiger charge is 2.28. The fourth-order valence-corrected chi connectivity index (χ4v) is 4.61. The van der Waals surface area contributed by atoms with Crippen LogP contribution in [-0.2, 0) is 19.6 Å². The average Bonchev–Trinajstić information content (AvgIpc) is 3.18. The predicted molar refractivity (Wildman–Crippen MR) is 110 cm³/mol. The second-order valence-electron chi connectivity index (χ2n) is 7.61. The molecule has 1 aliphatic rings. The van der Waals surface area contributed by atoms with Crippen molar-refractivity contribution in [2.45, 2.75) is 62.9 Å². The third kappa shape index (κ3) is 7.01. The molecule has 1 aromatic carbocycles. The molecule has 29 heavy (non-hydrogen) atoms. The molecule has 0 saturated heterocycles. The second kappa shape index (κ2) is 10.6. The summed E-state index contributed by atoms with van der Waals surface area (Å²) < 4.78 is 32.8. The van der Waals surface area contributed by atoms with Crippen molar-refractivity contribution in [3.63, 3.8) is 0 Å². The Morgan fingerprint density at radius 3 is 2.31 bits per heavy atom. The Morgan fingerprint density at radius 2 is 1.76 bits per heavy atom. The molecule has 9 heteroatoms. The first kappa shape index (κ1) is 23.2. The van der Waals surface area contributed by atoms with Crippen molar-refractivity contribution in [2.24, 2.45) is 5.92 Å². The summed E-state index contributed by atoms with van der Waals surface area (Å²) >= 11 is 0. The van der Waals surface area contributed by atoms with Gasteiger partial charge in [-0.15, -0.1) is 0 Å². The molecule has 162 valence electrons. The highest BCUT2D eigenvalue weighted by molar-refractivity contribution is 7.89. The van der Waals surface area contributed by atoms with E-state index < -0.39 is 22.0 Å². The van der Waals surface area contributed by atoms with Gasteiger partial charge in [-0.05, 0) is 43.0 Å². The molecular weight excluding hydrogens is 394 g/mol. The van der Waals surface area contributed by atoms with E-state index >= 15 is 0 Å². The van der Waals surface area contributed by atoms with Gasteiger partial charge in [0.05, 0.1) is 12.0 Å². The zero-order valence-corrected chi connectivity index (χ0v) is 18.1. The van der Waals surface area contributed by atoms with E-state index in [2.05, 4.69) is 15.4 Å². The van der Waals surface area contributed by atoms with Gasteiger partial charge in [0.15, 0.2) is 0 Å². The number of hydrogen-bond donors (Lipinski definition) is 3. The Labute approximate surface area is 172 Å². The quantitative estimate of drug-likeness (QED) is 0.526. The van der Waals surface area contributed by atoms with Gasteiger partial charge in [0.25, 0.3) is 0 Å². The molecule has 0 radical (unpaired) electrons. The second-order valence-corrected chi connectivity index (χ2v) is 9.32. The summed E-state index contributed by atoms with van der Waals surface area (Å²) in [5.41, 5.74) is 0. The third-order valence-electron chi connectivity index (χ3n) is 4.97. The molecule has 2 rings (SSSR count). The summed E-state index contributed by atoms with van der Waals surface area (Å²) in [6, 6.07) is 5.22. The van der Waals surface area contributed by atoms with Crippen LogP contribution in [-0.4, -0.2) is 46.0 Å². The monoisotopic (exact) mass is 425 g/mol. The van der Waals surface area contributed by atoms with E-state index in [9.17, 15) is 18.0 Å². The lowest BCUT2D eigenvalue weighted by atomic mass is 10.1. The number of ether oxygens (including phenoxy) is 1. The van der Waals surface area contributed by atoms with Crippen LogP contribution in [0.15, 0.2) is 29.2 Å². The molecule has 1 atom stereocenters. The summed E-state index contributed by atoms with van der Waals surface area (Å²) in [4.78, 5) is 24.5. The first-order valence-electron chi connectivity index (χ1n) is 9.96. The number of nitrogens with one attached hydrogen (secondary N) is 3. The van der Waals surface area contributed by atoms with Gasteiger partial charge in [0.2, 0.25) is 21.8 Å². The highest BCUT2D eigenvalue weighted by atomic mass is 32.2. The first-order valence-corrected chi connectivity index (χ1v) is 11.4. The highest BCUT2D eigenvalue weighted by Crippen LogP contribution is 2.18. The molecule has 0 aliphatic heterocycles.